The Morgan fingerprint density at radius 1 is 1.43 bits per heavy atom. The Balaban J connectivity index is 2.24. The maximum atomic E-state index is 5.48. The lowest BCUT2D eigenvalue weighted by Crippen LogP contribution is -2.09. The van der Waals surface area contributed by atoms with Gasteiger partial charge < -0.3 is 11.5 Å². The van der Waals surface area contributed by atoms with Gasteiger partial charge in [-0.25, -0.2) is 0 Å². The molecule has 7 heteroatoms. The van der Waals surface area contributed by atoms with Crippen LogP contribution in [0.2, 0.25) is 0 Å². The summed E-state index contributed by atoms with van der Waals surface area (Å²) in [5.74, 6) is 0. The molecule has 0 saturated heterocycles. The van der Waals surface area contributed by atoms with Crippen molar-refractivity contribution in [2.45, 2.75) is 6.54 Å². The van der Waals surface area contributed by atoms with Gasteiger partial charge in [0, 0.05) is 12.7 Å². The third-order valence-corrected chi connectivity index (χ3v) is 2.48. The predicted molar refractivity (Wildman–Crippen MR) is 54.6 cm³/mol. The second-order valence-corrected chi connectivity index (χ2v) is 3.74. The third kappa shape index (κ3) is 1.73. The maximum Gasteiger partial charge on any atom is 0.203 e. The standard InChI is InChI=1S/C7H10N6S/c8-1-2-13-4-5(3-10-13)6-11-12-7(9)14-6/h3-4H,1-2,8H2,(H2,9,12). The highest BCUT2D eigenvalue weighted by molar-refractivity contribution is 7.18. The zero-order valence-electron chi connectivity index (χ0n) is 7.42. The van der Waals surface area contributed by atoms with Crippen LogP contribution in [0.4, 0.5) is 5.13 Å². The summed E-state index contributed by atoms with van der Waals surface area (Å²) in [7, 11) is 0. The Morgan fingerprint density at radius 3 is 2.93 bits per heavy atom. The molecule has 0 aliphatic rings. The van der Waals surface area contributed by atoms with Crippen molar-refractivity contribution in [2.75, 3.05) is 12.3 Å². The molecule has 6 nitrogen and oxygen atoms in total. The van der Waals surface area contributed by atoms with Gasteiger partial charge in [0.1, 0.15) is 0 Å². The largest absolute Gasteiger partial charge is 0.374 e. The molecule has 2 rings (SSSR count). The molecule has 0 atom stereocenters. The first kappa shape index (κ1) is 9.10. The Kier molecular flexibility index (Phi) is 2.42. The fourth-order valence-corrected chi connectivity index (χ4v) is 1.66. The average Bonchev–Trinajstić information content (AvgIpc) is 2.74. The summed E-state index contributed by atoms with van der Waals surface area (Å²) in [5, 5.41) is 13.0. The number of rotatable bonds is 3. The molecule has 2 heterocycles. The fraction of sp³-hybridized carbons (Fsp3) is 0.286. The van der Waals surface area contributed by atoms with Crippen LogP contribution in [0.5, 0.6) is 0 Å². The summed E-state index contributed by atoms with van der Waals surface area (Å²) in [5.41, 5.74) is 11.8. The van der Waals surface area contributed by atoms with Gasteiger partial charge in [-0.3, -0.25) is 4.68 Å². The van der Waals surface area contributed by atoms with Crippen LogP contribution in [0.3, 0.4) is 0 Å². The quantitative estimate of drug-likeness (QED) is 0.740. The van der Waals surface area contributed by atoms with Crippen molar-refractivity contribution >= 4 is 16.5 Å². The van der Waals surface area contributed by atoms with Crippen molar-refractivity contribution < 1.29 is 0 Å². The number of anilines is 1. The molecule has 0 aromatic carbocycles. The van der Waals surface area contributed by atoms with Crippen molar-refractivity contribution in [3.8, 4) is 10.6 Å². The summed E-state index contributed by atoms with van der Waals surface area (Å²) < 4.78 is 1.77. The van der Waals surface area contributed by atoms with Gasteiger partial charge in [-0.2, -0.15) is 5.10 Å². The highest BCUT2D eigenvalue weighted by Crippen LogP contribution is 2.23. The smallest absolute Gasteiger partial charge is 0.203 e. The Morgan fingerprint density at radius 2 is 2.29 bits per heavy atom. The predicted octanol–water partition coefficient (Wildman–Crippen LogP) is -0.0575. The minimum Gasteiger partial charge on any atom is -0.374 e. The van der Waals surface area contributed by atoms with Crippen molar-refractivity contribution in [2.24, 2.45) is 5.73 Å². The van der Waals surface area contributed by atoms with E-state index >= 15 is 0 Å². The molecule has 0 spiro atoms. The Bertz CT molecular complexity index is 419. The van der Waals surface area contributed by atoms with E-state index in [0.29, 0.717) is 18.2 Å². The van der Waals surface area contributed by atoms with Crippen LogP contribution in [-0.2, 0) is 6.54 Å². The van der Waals surface area contributed by atoms with Gasteiger partial charge in [-0.05, 0) is 0 Å². The third-order valence-electron chi connectivity index (χ3n) is 1.68. The molecule has 0 radical (unpaired) electrons. The van der Waals surface area contributed by atoms with Crippen LogP contribution in [0, 0.1) is 0 Å². The summed E-state index contributed by atoms with van der Waals surface area (Å²) in [6.07, 6.45) is 3.61. The van der Waals surface area contributed by atoms with Crippen LogP contribution in [0.15, 0.2) is 12.4 Å². The molecule has 0 fully saturated rings. The van der Waals surface area contributed by atoms with Gasteiger partial charge in [0.05, 0.1) is 18.3 Å². The van der Waals surface area contributed by atoms with E-state index < -0.39 is 0 Å². The van der Waals surface area contributed by atoms with Gasteiger partial charge in [-0.15, -0.1) is 10.2 Å². The lowest BCUT2D eigenvalue weighted by molar-refractivity contribution is 0.625. The molecular weight excluding hydrogens is 200 g/mol. The highest BCUT2D eigenvalue weighted by Gasteiger charge is 2.06. The summed E-state index contributed by atoms with van der Waals surface area (Å²) in [4.78, 5) is 0. The average molecular weight is 210 g/mol. The summed E-state index contributed by atoms with van der Waals surface area (Å²) >= 11 is 1.34. The molecule has 0 bridgehead atoms. The zero-order chi connectivity index (χ0) is 9.97. The van der Waals surface area contributed by atoms with Crippen molar-refractivity contribution in [1.82, 2.24) is 20.0 Å². The second-order valence-electron chi connectivity index (χ2n) is 2.73. The normalized spacial score (nSPS) is 10.6. The first-order valence-corrected chi connectivity index (χ1v) is 4.93. The molecule has 4 N–H and O–H groups in total. The van der Waals surface area contributed by atoms with Crippen LogP contribution in [0.25, 0.3) is 10.6 Å². The van der Waals surface area contributed by atoms with Crippen molar-refractivity contribution in [1.29, 1.82) is 0 Å². The van der Waals surface area contributed by atoms with E-state index in [2.05, 4.69) is 15.3 Å². The van der Waals surface area contributed by atoms with E-state index in [1.807, 2.05) is 6.20 Å². The first-order chi connectivity index (χ1) is 6.79. The van der Waals surface area contributed by atoms with E-state index in [9.17, 15) is 0 Å². The number of aromatic nitrogens is 4. The first-order valence-electron chi connectivity index (χ1n) is 4.11. The van der Waals surface area contributed by atoms with E-state index in [1.165, 1.54) is 11.3 Å². The number of nitrogen functional groups attached to an aromatic ring is 1. The van der Waals surface area contributed by atoms with Crippen molar-refractivity contribution in [3.63, 3.8) is 0 Å². The van der Waals surface area contributed by atoms with Gasteiger partial charge in [0.2, 0.25) is 5.13 Å². The minimum absolute atomic E-state index is 0.464. The summed E-state index contributed by atoms with van der Waals surface area (Å²) in [6, 6.07) is 0. The molecule has 0 aliphatic heterocycles. The molecule has 0 saturated carbocycles. The maximum absolute atomic E-state index is 5.48. The monoisotopic (exact) mass is 210 g/mol. The molecule has 2 aromatic rings. The Labute approximate surface area is 84.6 Å². The van der Waals surface area contributed by atoms with E-state index in [0.717, 1.165) is 10.6 Å². The minimum atomic E-state index is 0.464. The molecule has 0 amide bonds. The highest BCUT2D eigenvalue weighted by atomic mass is 32.1. The summed E-state index contributed by atoms with van der Waals surface area (Å²) in [6.45, 7) is 1.27. The lowest BCUT2D eigenvalue weighted by Gasteiger charge is -1.94. The van der Waals surface area contributed by atoms with Crippen LogP contribution in [0.1, 0.15) is 0 Å². The van der Waals surface area contributed by atoms with Crippen molar-refractivity contribution in [3.05, 3.63) is 12.4 Å². The molecule has 0 unspecified atom stereocenters. The number of nitrogens with two attached hydrogens (primary N) is 2. The number of hydrogen-bond acceptors (Lipinski definition) is 6. The molecule has 0 aliphatic carbocycles. The molecule has 2 aromatic heterocycles. The molecule has 14 heavy (non-hydrogen) atoms. The molecular formula is C7H10N6S. The van der Waals surface area contributed by atoms with E-state index in [1.54, 1.807) is 10.9 Å². The lowest BCUT2D eigenvalue weighted by atomic mass is 10.4. The topological polar surface area (TPSA) is 95.6 Å². The zero-order valence-corrected chi connectivity index (χ0v) is 8.24. The number of nitrogens with zero attached hydrogens (tertiary/aromatic N) is 4. The van der Waals surface area contributed by atoms with E-state index in [4.69, 9.17) is 11.5 Å². The van der Waals surface area contributed by atoms with Gasteiger partial charge in [0.15, 0.2) is 5.01 Å². The van der Waals surface area contributed by atoms with E-state index in [-0.39, 0.29) is 0 Å². The van der Waals surface area contributed by atoms with Gasteiger partial charge in [0.25, 0.3) is 0 Å². The van der Waals surface area contributed by atoms with Crippen LogP contribution < -0.4 is 11.5 Å². The SMILES string of the molecule is NCCn1cc(-c2nnc(N)s2)cn1. The van der Waals surface area contributed by atoms with Gasteiger partial charge in [-0.1, -0.05) is 11.3 Å². The fourth-order valence-electron chi connectivity index (χ4n) is 1.08. The second kappa shape index (κ2) is 3.72. The Hall–Kier alpha value is -1.47. The van der Waals surface area contributed by atoms with Crippen LogP contribution >= 0.6 is 11.3 Å². The molecule has 74 valence electrons. The van der Waals surface area contributed by atoms with Gasteiger partial charge >= 0.3 is 0 Å². The number of hydrogen-bond donors (Lipinski definition) is 2. The van der Waals surface area contributed by atoms with Crippen LogP contribution in [-0.4, -0.2) is 26.5 Å².